The van der Waals surface area contributed by atoms with Crippen molar-refractivity contribution in [3.63, 3.8) is 0 Å². The predicted molar refractivity (Wildman–Crippen MR) is 134 cm³/mol. The van der Waals surface area contributed by atoms with Crippen molar-refractivity contribution in [3.05, 3.63) is 64.6 Å². The summed E-state index contributed by atoms with van der Waals surface area (Å²) in [7, 11) is 0. The zero-order valence-electron chi connectivity index (χ0n) is 18.3. The summed E-state index contributed by atoms with van der Waals surface area (Å²) < 4.78 is 7.92. The molecule has 0 fully saturated rings. The van der Waals surface area contributed by atoms with Crippen molar-refractivity contribution in [3.8, 4) is 27.7 Å². The first-order valence-corrected chi connectivity index (χ1v) is 12.8. The minimum atomic E-state index is 0.496. The number of halogens is 1. The van der Waals surface area contributed by atoms with Gasteiger partial charge in [0, 0.05) is 28.8 Å². The van der Waals surface area contributed by atoms with Gasteiger partial charge in [-0.25, -0.2) is 4.98 Å². The molecule has 8 heteroatoms. The minimum Gasteiger partial charge on any atom is -0.493 e. The fourth-order valence-electron chi connectivity index (χ4n) is 3.13. The van der Waals surface area contributed by atoms with Crippen molar-refractivity contribution in [1.29, 1.82) is 0 Å². The van der Waals surface area contributed by atoms with Crippen LogP contribution in [0.5, 0.6) is 5.75 Å². The number of thiazole rings is 1. The van der Waals surface area contributed by atoms with Crippen LogP contribution in [-0.4, -0.2) is 26.4 Å². The molecular formula is C24H25ClN4OS2. The van der Waals surface area contributed by atoms with Gasteiger partial charge in [0.1, 0.15) is 10.8 Å². The number of hydrogen-bond donors (Lipinski definition) is 0. The van der Waals surface area contributed by atoms with E-state index < -0.39 is 0 Å². The van der Waals surface area contributed by atoms with Crippen LogP contribution in [0.15, 0.2) is 59.1 Å². The van der Waals surface area contributed by atoms with Crippen LogP contribution in [0, 0.1) is 5.92 Å². The van der Waals surface area contributed by atoms with Gasteiger partial charge in [0.25, 0.3) is 0 Å². The standard InChI is InChI=1S/C24H25ClN4OS2/c1-4-29-22(17-9-11-19(12-10-17)30-13-16(2)3)27-28-24(29)32-15-18-14-31-23(26-18)20-7-5-6-8-21(20)25/h5-12,14,16H,4,13,15H2,1-3H3. The highest BCUT2D eigenvalue weighted by Gasteiger charge is 2.15. The highest BCUT2D eigenvalue weighted by Crippen LogP contribution is 2.32. The maximum absolute atomic E-state index is 6.31. The molecule has 0 aliphatic heterocycles. The van der Waals surface area contributed by atoms with Gasteiger partial charge in [0.2, 0.25) is 0 Å². The lowest BCUT2D eigenvalue weighted by molar-refractivity contribution is 0.271. The Morgan fingerprint density at radius 3 is 2.59 bits per heavy atom. The molecule has 32 heavy (non-hydrogen) atoms. The number of nitrogens with zero attached hydrogens (tertiary/aromatic N) is 4. The average molecular weight is 485 g/mol. The highest BCUT2D eigenvalue weighted by atomic mass is 35.5. The molecule has 5 nitrogen and oxygen atoms in total. The van der Waals surface area contributed by atoms with E-state index in [1.165, 1.54) is 0 Å². The molecule has 0 amide bonds. The van der Waals surface area contributed by atoms with Gasteiger partial charge in [-0.2, -0.15) is 0 Å². The maximum atomic E-state index is 6.31. The first-order valence-electron chi connectivity index (χ1n) is 10.5. The molecule has 0 spiro atoms. The molecule has 4 rings (SSSR count). The molecule has 0 saturated heterocycles. The molecule has 4 aromatic rings. The molecule has 166 valence electrons. The Kier molecular flexibility index (Phi) is 7.50. The molecule has 0 unspecified atom stereocenters. The van der Waals surface area contributed by atoms with E-state index >= 15 is 0 Å². The van der Waals surface area contributed by atoms with Gasteiger partial charge in [-0.15, -0.1) is 21.5 Å². The van der Waals surface area contributed by atoms with Gasteiger partial charge in [0.05, 0.1) is 17.3 Å². The Balaban J connectivity index is 1.45. The Labute approximate surface area is 201 Å². The third-order valence-electron chi connectivity index (χ3n) is 4.73. The Hall–Kier alpha value is -2.35. The first-order chi connectivity index (χ1) is 15.5. The fourth-order valence-corrected chi connectivity index (χ4v) is 5.27. The van der Waals surface area contributed by atoms with Crippen molar-refractivity contribution < 1.29 is 4.74 Å². The summed E-state index contributed by atoms with van der Waals surface area (Å²) in [5.41, 5.74) is 3.00. The lowest BCUT2D eigenvalue weighted by Gasteiger charge is -2.10. The van der Waals surface area contributed by atoms with E-state index in [0.29, 0.717) is 12.5 Å². The van der Waals surface area contributed by atoms with Crippen LogP contribution in [0.1, 0.15) is 26.5 Å². The molecular weight excluding hydrogens is 460 g/mol. The van der Waals surface area contributed by atoms with E-state index in [4.69, 9.17) is 21.3 Å². The largest absolute Gasteiger partial charge is 0.493 e. The highest BCUT2D eigenvalue weighted by molar-refractivity contribution is 7.98. The molecule has 0 aliphatic carbocycles. The first kappa shape index (κ1) is 22.8. The van der Waals surface area contributed by atoms with Crippen LogP contribution in [0.4, 0.5) is 0 Å². The Morgan fingerprint density at radius 1 is 1.09 bits per heavy atom. The minimum absolute atomic E-state index is 0.496. The van der Waals surface area contributed by atoms with Gasteiger partial charge in [0.15, 0.2) is 11.0 Å². The van der Waals surface area contributed by atoms with Gasteiger partial charge in [-0.3, -0.25) is 0 Å². The second-order valence-electron chi connectivity index (χ2n) is 7.69. The summed E-state index contributed by atoms with van der Waals surface area (Å²) in [6.07, 6.45) is 0. The third kappa shape index (κ3) is 5.34. The molecule has 2 aromatic heterocycles. The molecule has 0 atom stereocenters. The van der Waals surface area contributed by atoms with Gasteiger partial charge >= 0.3 is 0 Å². The van der Waals surface area contributed by atoms with E-state index in [0.717, 1.165) is 55.9 Å². The van der Waals surface area contributed by atoms with Gasteiger partial charge in [-0.05, 0) is 43.2 Å². The lowest BCUT2D eigenvalue weighted by Crippen LogP contribution is -2.04. The quantitative estimate of drug-likeness (QED) is 0.238. The zero-order valence-corrected chi connectivity index (χ0v) is 20.7. The van der Waals surface area contributed by atoms with Crippen molar-refractivity contribution in [2.75, 3.05) is 6.61 Å². The number of rotatable bonds is 9. The van der Waals surface area contributed by atoms with Crippen molar-refractivity contribution >= 4 is 34.7 Å². The second kappa shape index (κ2) is 10.5. The summed E-state index contributed by atoms with van der Waals surface area (Å²) in [6.45, 7) is 7.88. The summed E-state index contributed by atoms with van der Waals surface area (Å²) in [6, 6.07) is 15.9. The predicted octanol–water partition coefficient (Wildman–Crippen LogP) is 7.07. The van der Waals surface area contributed by atoms with Crippen LogP contribution in [0.2, 0.25) is 5.02 Å². The number of benzene rings is 2. The second-order valence-corrected chi connectivity index (χ2v) is 9.90. The van der Waals surface area contributed by atoms with Gasteiger partial charge in [-0.1, -0.05) is 55.4 Å². The van der Waals surface area contributed by atoms with Crippen LogP contribution < -0.4 is 4.74 Å². The normalized spacial score (nSPS) is 11.3. The molecule has 0 saturated carbocycles. The van der Waals surface area contributed by atoms with E-state index in [9.17, 15) is 0 Å². The Morgan fingerprint density at radius 2 is 1.88 bits per heavy atom. The number of aromatic nitrogens is 4. The smallest absolute Gasteiger partial charge is 0.191 e. The van der Waals surface area contributed by atoms with Crippen molar-refractivity contribution in [1.82, 2.24) is 19.7 Å². The molecule has 2 aromatic carbocycles. The average Bonchev–Trinajstić information content (AvgIpc) is 3.43. The fraction of sp³-hybridized carbons (Fsp3) is 0.292. The van der Waals surface area contributed by atoms with E-state index in [-0.39, 0.29) is 0 Å². The number of thioether (sulfide) groups is 1. The molecule has 0 aliphatic rings. The van der Waals surface area contributed by atoms with Crippen molar-refractivity contribution in [2.45, 2.75) is 38.2 Å². The zero-order chi connectivity index (χ0) is 22.5. The molecule has 0 bridgehead atoms. The monoisotopic (exact) mass is 484 g/mol. The van der Waals surface area contributed by atoms with E-state index in [2.05, 4.69) is 40.9 Å². The summed E-state index contributed by atoms with van der Waals surface area (Å²) in [5.74, 6) is 2.95. The number of hydrogen-bond acceptors (Lipinski definition) is 6. The summed E-state index contributed by atoms with van der Waals surface area (Å²) in [4.78, 5) is 4.76. The topological polar surface area (TPSA) is 52.8 Å². The van der Waals surface area contributed by atoms with Gasteiger partial charge < -0.3 is 9.30 Å². The Bertz CT molecular complexity index is 1170. The van der Waals surface area contributed by atoms with E-state index in [1.54, 1.807) is 23.1 Å². The van der Waals surface area contributed by atoms with Crippen LogP contribution in [-0.2, 0) is 12.3 Å². The maximum Gasteiger partial charge on any atom is 0.191 e. The summed E-state index contributed by atoms with van der Waals surface area (Å²) in [5, 5.41) is 13.5. The lowest BCUT2D eigenvalue weighted by atomic mass is 10.2. The molecule has 2 heterocycles. The molecule has 0 N–H and O–H groups in total. The van der Waals surface area contributed by atoms with Crippen molar-refractivity contribution in [2.24, 2.45) is 5.92 Å². The van der Waals surface area contributed by atoms with Crippen LogP contribution >= 0.6 is 34.7 Å². The number of ether oxygens (including phenoxy) is 1. The van der Waals surface area contributed by atoms with Crippen LogP contribution in [0.25, 0.3) is 22.0 Å². The van der Waals surface area contributed by atoms with Crippen LogP contribution in [0.3, 0.4) is 0 Å². The third-order valence-corrected chi connectivity index (χ3v) is 6.99. The summed E-state index contributed by atoms with van der Waals surface area (Å²) >= 11 is 9.57. The molecule has 0 radical (unpaired) electrons. The SMILES string of the molecule is CCn1c(SCc2csc(-c3ccccc3Cl)n2)nnc1-c1ccc(OCC(C)C)cc1. The van der Waals surface area contributed by atoms with E-state index in [1.807, 2.05) is 48.5 Å².